The number of hydrogen-bond donors (Lipinski definition) is 2. The van der Waals surface area contributed by atoms with E-state index in [0.29, 0.717) is 46.9 Å². The number of carbonyl (C=O) groups excluding carboxylic acids is 1. The molecule has 0 saturated heterocycles. The van der Waals surface area contributed by atoms with E-state index in [0.717, 1.165) is 6.42 Å². The van der Waals surface area contributed by atoms with Crippen LogP contribution in [0.5, 0.6) is 11.5 Å². The van der Waals surface area contributed by atoms with Gasteiger partial charge in [-0.1, -0.05) is 17.7 Å². The molecule has 8 heteroatoms. The van der Waals surface area contributed by atoms with Crippen molar-refractivity contribution in [2.24, 2.45) is 0 Å². The van der Waals surface area contributed by atoms with E-state index in [-0.39, 0.29) is 5.56 Å². The van der Waals surface area contributed by atoms with E-state index < -0.39 is 11.7 Å². The number of pyridine rings is 1. The number of anilines is 3. The quantitative estimate of drug-likeness (QED) is 0.627. The van der Waals surface area contributed by atoms with Gasteiger partial charge >= 0.3 is 0 Å². The van der Waals surface area contributed by atoms with Crippen molar-refractivity contribution in [3.8, 4) is 11.5 Å². The van der Waals surface area contributed by atoms with E-state index in [2.05, 4.69) is 15.6 Å². The zero-order valence-electron chi connectivity index (χ0n) is 15.2. The first-order valence-electron chi connectivity index (χ1n) is 8.98. The number of ether oxygens (including phenoxy) is 2. The van der Waals surface area contributed by atoms with E-state index >= 15 is 0 Å². The lowest BCUT2D eigenvalue weighted by Gasteiger charge is -2.14. The second-order valence-corrected chi connectivity index (χ2v) is 6.73. The van der Waals surface area contributed by atoms with Crippen LogP contribution in [0, 0.1) is 5.82 Å². The lowest BCUT2D eigenvalue weighted by molar-refractivity contribution is 0.102. The molecule has 0 radical (unpaired) electrons. The van der Waals surface area contributed by atoms with Gasteiger partial charge in [0.15, 0.2) is 11.5 Å². The van der Waals surface area contributed by atoms with Crippen molar-refractivity contribution in [1.82, 2.24) is 4.98 Å². The molecule has 1 amide bonds. The van der Waals surface area contributed by atoms with Crippen molar-refractivity contribution < 1.29 is 18.7 Å². The number of carbonyl (C=O) groups is 1. The second-order valence-electron chi connectivity index (χ2n) is 6.32. The molecule has 1 aliphatic rings. The van der Waals surface area contributed by atoms with Gasteiger partial charge < -0.3 is 20.1 Å². The number of nitrogens with zero attached hydrogens (tertiary/aromatic N) is 1. The molecule has 3 aromatic rings. The highest BCUT2D eigenvalue weighted by molar-refractivity contribution is 6.34. The van der Waals surface area contributed by atoms with Gasteiger partial charge in [-0.25, -0.2) is 9.37 Å². The normalized spacial score (nSPS) is 12.8. The van der Waals surface area contributed by atoms with E-state index in [4.69, 9.17) is 21.1 Å². The highest BCUT2D eigenvalue weighted by Gasteiger charge is 2.18. The Morgan fingerprint density at radius 3 is 2.66 bits per heavy atom. The lowest BCUT2D eigenvalue weighted by Crippen LogP contribution is -2.15. The fraction of sp³-hybridized carbons (Fsp3) is 0.143. The third kappa shape index (κ3) is 4.41. The van der Waals surface area contributed by atoms with Crippen LogP contribution in [0.1, 0.15) is 16.8 Å². The maximum atomic E-state index is 13.5. The predicted molar refractivity (Wildman–Crippen MR) is 109 cm³/mol. The second kappa shape index (κ2) is 8.36. The van der Waals surface area contributed by atoms with Crippen LogP contribution >= 0.6 is 11.6 Å². The minimum absolute atomic E-state index is 0.278. The SMILES string of the molecule is O=C(Nc1cc2c(cc1Cl)OCCCO2)c1cccnc1Nc1cccc(F)c1. The maximum absolute atomic E-state index is 13.5. The predicted octanol–water partition coefficient (Wildman–Crippen LogP) is 5.03. The fourth-order valence-electron chi connectivity index (χ4n) is 2.86. The number of rotatable bonds is 4. The Hall–Kier alpha value is -3.32. The molecular weight excluding hydrogens is 397 g/mol. The van der Waals surface area contributed by atoms with Gasteiger partial charge in [-0.3, -0.25) is 4.79 Å². The van der Waals surface area contributed by atoms with Gasteiger partial charge in [0, 0.05) is 30.4 Å². The molecule has 2 heterocycles. The van der Waals surface area contributed by atoms with Crippen molar-refractivity contribution in [3.05, 3.63) is 71.1 Å². The zero-order chi connectivity index (χ0) is 20.2. The van der Waals surface area contributed by atoms with Crippen LogP contribution in [0.3, 0.4) is 0 Å². The number of halogens is 2. The number of hydrogen-bond acceptors (Lipinski definition) is 5. The van der Waals surface area contributed by atoms with Crippen molar-refractivity contribution in [1.29, 1.82) is 0 Å². The molecule has 0 unspecified atom stereocenters. The number of benzene rings is 2. The molecule has 29 heavy (non-hydrogen) atoms. The average Bonchev–Trinajstić information content (AvgIpc) is 2.93. The lowest BCUT2D eigenvalue weighted by atomic mass is 10.2. The van der Waals surface area contributed by atoms with Crippen molar-refractivity contribution in [2.45, 2.75) is 6.42 Å². The van der Waals surface area contributed by atoms with E-state index in [1.807, 2.05) is 0 Å². The van der Waals surface area contributed by atoms with Gasteiger partial charge in [0.2, 0.25) is 0 Å². The molecule has 1 aromatic heterocycles. The smallest absolute Gasteiger partial charge is 0.259 e. The van der Waals surface area contributed by atoms with Gasteiger partial charge in [0.05, 0.1) is 29.5 Å². The molecule has 0 fully saturated rings. The molecule has 2 aromatic carbocycles. The van der Waals surface area contributed by atoms with Crippen LogP contribution in [-0.2, 0) is 0 Å². The van der Waals surface area contributed by atoms with Gasteiger partial charge in [0.25, 0.3) is 5.91 Å². The molecule has 1 aliphatic heterocycles. The Labute approximate surface area is 171 Å². The first-order valence-corrected chi connectivity index (χ1v) is 9.36. The third-order valence-electron chi connectivity index (χ3n) is 4.23. The first kappa shape index (κ1) is 19.0. The zero-order valence-corrected chi connectivity index (χ0v) is 16.0. The van der Waals surface area contributed by atoms with Crippen LogP contribution in [0.4, 0.5) is 21.6 Å². The van der Waals surface area contributed by atoms with Crippen LogP contribution in [-0.4, -0.2) is 24.1 Å². The molecule has 2 N–H and O–H groups in total. The highest BCUT2D eigenvalue weighted by atomic mass is 35.5. The number of amides is 1. The molecule has 0 atom stereocenters. The Balaban J connectivity index is 1.59. The average molecular weight is 414 g/mol. The van der Waals surface area contributed by atoms with Crippen LogP contribution in [0.25, 0.3) is 0 Å². The highest BCUT2D eigenvalue weighted by Crippen LogP contribution is 2.38. The van der Waals surface area contributed by atoms with Crippen LogP contribution in [0.2, 0.25) is 5.02 Å². The first-order chi connectivity index (χ1) is 14.1. The molecule has 148 valence electrons. The fourth-order valence-corrected chi connectivity index (χ4v) is 3.06. The summed E-state index contributed by atoms with van der Waals surface area (Å²) in [6.07, 6.45) is 2.30. The number of fused-ring (bicyclic) bond motifs is 1. The summed E-state index contributed by atoms with van der Waals surface area (Å²) in [5.41, 5.74) is 1.15. The van der Waals surface area contributed by atoms with E-state index in [9.17, 15) is 9.18 Å². The summed E-state index contributed by atoms with van der Waals surface area (Å²) in [5, 5.41) is 6.06. The van der Waals surface area contributed by atoms with Crippen molar-refractivity contribution >= 4 is 34.7 Å². The summed E-state index contributed by atoms with van der Waals surface area (Å²) >= 11 is 6.31. The third-order valence-corrected chi connectivity index (χ3v) is 4.54. The Morgan fingerprint density at radius 1 is 1.07 bits per heavy atom. The number of nitrogens with one attached hydrogen (secondary N) is 2. The Kier molecular flexibility index (Phi) is 5.48. The summed E-state index contributed by atoms with van der Waals surface area (Å²) in [6.45, 7) is 1.06. The summed E-state index contributed by atoms with van der Waals surface area (Å²) in [7, 11) is 0. The van der Waals surface area contributed by atoms with Crippen molar-refractivity contribution in [2.75, 3.05) is 23.8 Å². The van der Waals surface area contributed by atoms with Crippen molar-refractivity contribution in [3.63, 3.8) is 0 Å². The van der Waals surface area contributed by atoms with E-state index in [1.54, 1.807) is 42.6 Å². The molecule has 4 rings (SSSR count). The topological polar surface area (TPSA) is 72.5 Å². The summed E-state index contributed by atoms with van der Waals surface area (Å²) in [5.74, 6) is 0.539. The minimum Gasteiger partial charge on any atom is -0.490 e. The summed E-state index contributed by atoms with van der Waals surface area (Å²) in [6, 6.07) is 12.4. The Morgan fingerprint density at radius 2 is 1.86 bits per heavy atom. The van der Waals surface area contributed by atoms with Gasteiger partial charge in [-0.05, 0) is 30.3 Å². The van der Waals surface area contributed by atoms with E-state index in [1.165, 1.54) is 12.1 Å². The Bertz CT molecular complexity index is 1060. The summed E-state index contributed by atoms with van der Waals surface area (Å²) in [4.78, 5) is 17.1. The molecule has 6 nitrogen and oxygen atoms in total. The van der Waals surface area contributed by atoms with Gasteiger partial charge in [-0.2, -0.15) is 0 Å². The molecular formula is C21H17ClFN3O3. The maximum Gasteiger partial charge on any atom is 0.259 e. The monoisotopic (exact) mass is 413 g/mol. The molecule has 0 bridgehead atoms. The standard InChI is InChI=1S/C21H17ClFN3O3/c22-16-11-18-19(29-9-3-8-28-18)12-17(16)26-21(27)15-6-2-7-24-20(15)25-14-5-1-4-13(23)10-14/h1-2,4-7,10-12H,3,8-9H2,(H,24,25)(H,26,27). The van der Waals surface area contributed by atoms with Gasteiger partial charge in [0.1, 0.15) is 11.6 Å². The van der Waals surface area contributed by atoms with Crippen LogP contribution < -0.4 is 20.1 Å². The summed E-state index contributed by atoms with van der Waals surface area (Å²) < 4.78 is 24.7. The van der Waals surface area contributed by atoms with Gasteiger partial charge in [-0.15, -0.1) is 0 Å². The molecule has 0 aliphatic carbocycles. The number of aromatic nitrogens is 1. The minimum atomic E-state index is -0.423. The van der Waals surface area contributed by atoms with Crippen LogP contribution in [0.15, 0.2) is 54.7 Å². The molecule has 0 spiro atoms. The molecule has 0 saturated carbocycles. The largest absolute Gasteiger partial charge is 0.490 e.